The van der Waals surface area contributed by atoms with Crippen molar-refractivity contribution >= 4 is 29.3 Å². The van der Waals surface area contributed by atoms with Crippen molar-refractivity contribution in [1.82, 2.24) is 20.1 Å². The van der Waals surface area contributed by atoms with Crippen molar-refractivity contribution in [2.75, 3.05) is 12.5 Å². The van der Waals surface area contributed by atoms with Crippen LogP contribution in [0.1, 0.15) is 50.3 Å². The minimum atomic E-state index is -0.154. The SMILES string of the molecule is C[C@H](NC(=O)CSc1nnc(-c2ccccc2Cl)n1C1CCCC1)c1ccc2c(c1)OCO2. The Balaban J connectivity index is 1.29. The summed E-state index contributed by atoms with van der Waals surface area (Å²) in [6.45, 7) is 2.19. The van der Waals surface area contributed by atoms with Gasteiger partial charge in [0.1, 0.15) is 0 Å². The third kappa shape index (κ3) is 4.68. The van der Waals surface area contributed by atoms with E-state index in [-0.39, 0.29) is 24.5 Å². The molecule has 1 aromatic heterocycles. The molecule has 0 bridgehead atoms. The van der Waals surface area contributed by atoms with Crippen molar-refractivity contribution in [3.05, 3.63) is 53.1 Å². The summed E-state index contributed by atoms with van der Waals surface area (Å²) in [7, 11) is 0. The zero-order valence-corrected chi connectivity index (χ0v) is 19.9. The van der Waals surface area contributed by atoms with Crippen molar-refractivity contribution in [3.63, 3.8) is 0 Å². The van der Waals surface area contributed by atoms with Gasteiger partial charge in [0.15, 0.2) is 22.5 Å². The van der Waals surface area contributed by atoms with Gasteiger partial charge in [-0.25, -0.2) is 0 Å². The zero-order chi connectivity index (χ0) is 22.8. The van der Waals surface area contributed by atoms with E-state index in [4.69, 9.17) is 21.1 Å². The summed E-state index contributed by atoms with van der Waals surface area (Å²) < 4.78 is 13.0. The van der Waals surface area contributed by atoms with Gasteiger partial charge in [-0.05, 0) is 49.6 Å². The number of ether oxygens (including phenoxy) is 2. The second-order valence-electron chi connectivity index (χ2n) is 8.28. The van der Waals surface area contributed by atoms with Gasteiger partial charge in [0.2, 0.25) is 12.7 Å². The molecule has 1 fully saturated rings. The van der Waals surface area contributed by atoms with Crippen LogP contribution < -0.4 is 14.8 Å². The maximum Gasteiger partial charge on any atom is 0.231 e. The summed E-state index contributed by atoms with van der Waals surface area (Å²) in [6, 6.07) is 13.6. The quantitative estimate of drug-likeness (QED) is 0.451. The highest BCUT2D eigenvalue weighted by atomic mass is 35.5. The van der Waals surface area contributed by atoms with E-state index in [0.717, 1.165) is 40.7 Å². The second kappa shape index (κ2) is 9.65. The largest absolute Gasteiger partial charge is 0.454 e. The lowest BCUT2D eigenvalue weighted by Crippen LogP contribution is -2.28. The molecule has 0 unspecified atom stereocenters. The minimum Gasteiger partial charge on any atom is -0.454 e. The van der Waals surface area contributed by atoms with Crippen molar-refractivity contribution in [2.24, 2.45) is 0 Å². The van der Waals surface area contributed by atoms with Crippen LogP contribution in [0.2, 0.25) is 5.02 Å². The van der Waals surface area contributed by atoms with Crippen LogP contribution in [0, 0.1) is 0 Å². The normalized spacial score (nSPS) is 16.2. The number of hydrogen-bond donors (Lipinski definition) is 1. The Morgan fingerprint density at radius 1 is 1.18 bits per heavy atom. The van der Waals surface area contributed by atoms with Gasteiger partial charge in [-0.1, -0.05) is 54.4 Å². The number of amides is 1. The second-order valence-corrected chi connectivity index (χ2v) is 9.63. The summed E-state index contributed by atoms with van der Waals surface area (Å²) >= 11 is 7.87. The maximum atomic E-state index is 12.7. The molecule has 0 radical (unpaired) electrons. The summed E-state index contributed by atoms with van der Waals surface area (Å²) in [4.78, 5) is 12.7. The highest BCUT2D eigenvalue weighted by Gasteiger charge is 2.26. The van der Waals surface area contributed by atoms with Gasteiger partial charge in [0.05, 0.1) is 16.8 Å². The highest BCUT2D eigenvalue weighted by Crippen LogP contribution is 2.38. The third-order valence-corrected chi connectivity index (χ3v) is 7.35. The van der Waals surface area contributed by atoms with E-state index in [1.54, 1.807) is 0 Å². The summed E-state index contributed by atoms with van der Waals surface area (Å²) in [5.74, 6) is 2.39. The van der Waals surface area contributed by atoms with E-state index in [2.05, 4.69) is 20.1 Å². The standard InChI is InChI=1S/C24H25ClN4O3S/c1-15(16-10-11-20-21(12-16)32-14-31-20)26-22(30)13-33-24-28-27-23(18-8-4-5-9-19(18)25)29(24)17-6-2-3-7-17/h4-5,8-12,15,17H,2-3,6-7,13-14H2,1H3,(H,26,30)/t15-/m0/s1. The Kier molecular flexibility index (Phi) is 6.46. The van der Waals surface area contributed by atoms with Crippen molar-refractivity contribution in [3.8, 4) is 22.9 Å². The fraction of sp³-hybridized carbons (Fsp3) is 0.375. The lowest BCUT2D eigenvalue weighted by Gasteiger charge is -2.18. The first-order valence-corrected chi connectivity index (χ1v) is 12.5. The number of thioether (sulfide) groups is 1. The van der Waals surface area contributed by atoms with Crippen LogP contribution in [0.3, 0.4) is 0 Å². The lowest BCUT2D eigenvalue weighted by molar-refractivity contribution is -0.119. The summed E-state index contributed by atoms with van der Waals surface area (Å²) in [6.07, 6.45) is 4.53. The van der Waals surface area contributed by atoms with Gasteiger partial charge in [0.25, 0.3) is 0 Å². The predicted octanol–water partition coefficient (Wildman–Crippen LogP) is 5.41. The number of carbonyl (C=O) groups excluding carboxylic acids is 1. The number of nitrogens with zero attached hydrogens (tertiary/aromatic N) is 3. The molecule has 33 heavy (non-hydrogen) atoms. The Hall–Kier alpha value is -2.71. The first-order valence-electron chi connectivity index (χ1n) is 11.1. The molecule has 2 aliphatic rings. The predicted molar refractivity (Wildman–Crippen MR) is 128 cm³/mol. The number of aromatic nitrogens is 3. The van der Waals surface area contributed by atoms with E-state index in [1.165, 1.54) is 24.6 Å². The number of nitrogens with one attached hydrogen (secondary N) is 1. The van der Waals surface area contributed by atoms with Crippen LogP contribution >= 0.6 is 23.4 Å². The number of halogens is 1. The average molecular weight is 485 g/mol. The van der Waals surface area contributed by atoms with E-state index >= 15 is 0 Å². The molecular formula is C24H25ClN4O3S. The van der Waals surface area contributed by atoms with Gasteiger partial charge in [-0.15, -0.1) is 10.2 Å². The number of benzene rings is 2. The minimum absolute atomic E-state index is 0.0644. The van der Waals surface area contributed by atoms with Crippen molar-refractivity contribution < 1.29 is 14.3 Å². The molecule has 1 aliphatic carbocycles. The molecule has 3 aromatic rings. The smallest absolute Gasteiger partial charge is 0.231 e. The fourth-order valence-electron chi connectivity index (χ4n) is 4.37. The molecule has 1 aliphatic heterocycles. The molecule has 1 saturated carbocycles. The third-order valence-electron chi connectivity index (χ3n) is 6.08. The molecule has 172 valence electrons. The lowest BCUT2D eigenvalue weighted by atomic mass is 10.1. The molecule has 2 heterocycles. The van der Waals surface area contributed by atoms with Gasteiger partial charge in [0, 0.05) is 11.6 Å². The molecule has 9 heteroatoms. The monoisotopic (exact) mass is 484 g/mol. The molecule has 1 atom stereocenters. The molecular weight excluding hydrogens is 460 g/mol. The van der Waals surface area contributed by atoms with Crippen LogP contribution in [0.4, 0.5) is 0 Å². The van der Waals surface area contributed by atoms with Crippen LogP contribution in [0.5, 0.6) is 11.5 Å². The highest BCUT2D eigenvalue weighted by molar-refractivity contribution is 7.99. The van der Waals surface area contributed by atoms with Gasteiger partial charge < -0.3 is 14.8 Å². The number of hydrogen-bond acceptors (Lipinski definition) is 6. The Bertz CT molecular complexity index is 1160. The summed E-state index contributed by atoms with van der Waals surface area (Å²) in [5, 5.41) is 13.4. The van der Waals surface area contributed by atoms with E-state index < -0.39 is 0 Å². The van der Waals surface area contributed by atoms with E-state index in [0.29, 0.717) is 16.8 Å². The number of rotatable bonds is 7. The maximum absolute atomic E-state index is 12.7. The Morgan fingerprint density at radius 2 is 1.97 bits per heavy atom. The molecule has 1 amide bonds. The number of fused-ring (bicyclic) bond motifs is 1. The first kappa shape index (κ1) is 22.1. The molecule has 5 rings (SSSR count). The van der Waals surface area contributed by atoms with Crippen LogP contribution in [-0.4, -0.2) is 33.2 Å². The van der Waals surface area contributed by atoms with Crippen molar-refractivity contribution in [1.29, 1.82) is 0 Å². The molecule has 2 aromatic carbocycles. The topological polar surface area (TPSA) is 78.3 Å². The van der Waals surface area contributed by atoms with Crippen molar-refractivity contribution in [2.45, 2.75) is 49.8 Å². The van der Waals surface area contributed by atoms with Crippen LogP contribution in [-0.2, 0) is 4.79 Å². The number of carbonyl (C=O) groups is 1. The van der Waals surface area contributed by atoms with E-state index in [1.807, 2.05) is 49.4 Å². The van der Waals surface area contributed by atoms with Crippen LogP contribution in [0.25, 0.3) is 11.4 Å². The molecule has 0 spiro atoms. The molecule has 0 saturated heterocycles. The van der Waals surface area contributed by atoms with Gasteiger partial charge >= 0.3 is 0 Å². The fourth-order valence-corrected chi connectivity index (χ4v) is 5.41. The average Bonchev–Trinajstić information content (AvgIpc) is 3.57. The molecule has 7 nitrogen and oxygen atoms in total. The Labute approximate surface area is 201 Å². The first-order chi connectivity index (χ1) is 16.1. The van der Waals surface area contributed by atoms with Gasteiger partial charge in [-0.3, -0.25) is 9.36 Å². The van der Waals surface area contributed by atoms with Crippen LogP contribution in [0.15, 0.2) is 47.6 Å². The Morgan fingerprint density at radius 3 is 2.79 bits per heavy atom. The van der Waals surface area contributed by atoms with E-state index in [9.17, 15) is 4.79 Å². The molecule has 1 N–H and O–H groups in total. The summed E-state index contributed by atoms with van der Waals surface area (Å²) in [5.41, 5.74) is 1.83. The zero-order valence-electron chi connectivity index (χ0n) is 18.3. The van der Waals surface area contributed by atoms with Gasteiger partial charge in [-0.2, -0.15) is 0 Å².